The molecule has 2 aromatic rings. The number of carbonyl (C=O) groups excluding carboxylic acids is 1. The first-order chi connectivity index (χ1) is 9.08. The molecule has 0 saturated heterocycles. The van der Waals surface area contributed by atoms with Gasteiger partial charge in [-0.3, -0.25) is 4.79 Å². The van der Waals surface area contributed by atoms with Crippen LogP contribution in [0.1, 0.15) is 15.9 Å². The summed E-state index contributed by atoms with van der Waals surface area (Å²) in [5, 5.41) is 9.76. The van der Waals surface area contributed by atoms with Gasteiger partial charge in [0.1, 0.15) is 5.75 Å². The SMILES string of the molecule is CN(Cc1ccccc1)C(=O)c1cc(O)ccc1Cl. The van der Waals surface area contributed by atoms with E-state index < -0.39 is 0 Å². The fourth-order valence-corrected chi connectivity index (χ4v) is 2.01. The van der Waals surface area contributed by atoms with E-state index in [1.165, 1.54) is 18.2 Å². The molecule has 0 heterocycles. The van der Waals surface area contributed by atoms with Crippen LogP contribution in [0, 0.1) is 0 Å². The molecule has 1 amide bonds. The van der Waals surface area contributed by atoms with Crippen molar-refractivity contribution in [1.82, 2.24) is 4.90 Å². The highest BCUT2D eigenvalue weighted by atomic mass is 35.5. The van der Waals surface area contributed by atoms with Crippen LogP contribution in [-0.4, -0.2) is 23.0 Å². The summed E-state index contributed by atoms with van der Waals surface area (Å²) >= 11 is 5.98. The number of benzene rings is 2. The van der Waals surface area contributed by atoms with Gasteiger partial charge >= 0.3 is 0 Å². The van der Waals surface area contributed by atoms with Gasteiger partial charge in [-0.15, -0.1) is 0 Å². The summed E-state index contributed by atoms with van der Waals surface area (Å²) in [5.41, 5.74) is 1.34. The molecule has 1 N–H and O–H groups in total. The van der Waals surface area contributed by atoms with Crippen LogP contribution in [0.25, 0.3) is 0 Å². The molecule has 0 atom stereocenters. The molecule has 0 fully saturated rings. The normalized spacial score (nSPS) is 10.2. The number of amides is 1. The Morgan fingerprint density at radius 1 is 1.21 bits per heavy atom. The second-order valence-electron chi connectivity index (χ2n) is 4.31. The number of rotatable bonds is 3. The van der Waals surface area contributed by atoms with Gasteiger partial charge in [0, 0.05) is 13.6 Å². The quantitative estimate of drug-likeness (QED) is 0.933. The molecule has 0 aliphatic heterocycles. The number of phenolic OH excluding ortho intramolecular Hbond substituents is 1. The lowest BCUT2D eigenvalue weighted by Crippen LogP contribution is -2.26. The van der Waals surface area contributed by atoms with Gasteiger partial charge in [0.25, 0.3) is 5.91 Å². The van der Waals surface area contributed by atoms with E-state index in [4.69, 9.17) is 11.6 Å². The van der Waals surface area contributed by atoms with Crippen molar-refractivity contribution >= 4 is 17.5 Å². The molecule has 0 aromatic heterocycles. The Morgan fingerprint density at radius 3 is 2.58 bits per heavy atom. The first kappa shape index (κ1) is 13.4. The zero-order chi connectivity index (χ0) is 13.8. The van der Waals surface area contributed by atoms with Crippen LogP contribution in [0.2, 0.25) is 5.02 Å². The number of phenols is 1. The smallest absolute Gasteiger partial charge is 0.255 e. The lowest BCUT2D eigenvalue weighted by Gasteiger charge is -2.18. The van der Waals surface area contributed by atoms with Crippen molar-refractivity contribution in [1.29, 1.82) is 0 Å². The third kappa shape index (κ3) is 3.26. The molecule has 98 valence electrons. The van der Waals surface area contributed by atoms with Gasteiger partial charge in [-0.1, -0.05) is 41.9 Å². The Hall–Kier alpha value is -2.00. The van der Waals surface area contributed by atoms with Crippen molar-refractivity contribution < 1.29 is 9.90 Å². The molecule has 3 nitrogen and oxygen atoms in total. The van der Waals surface area contributed by atoms with Crippen LogP contribution in [0.15, 0.2) is 48.5 Å². The van der Waals surface area contributed by atoms with Crippen LogP contribution in [-0.2, 0) is 6.54 Å². The zero-order valence-corrected chi connectivity index (χ0v) is 11.3. The van der Waals surface area contributed by atoms with E-state index in [0.29, 0.717) is 17.1 Å². The monoisotopic (exact) mass is 275 g/mol. The fraction of sp³-hybridized carbons (Fsp3) is 0.133. The van der Waals surface area contributed by atoms with Crippen LogP contribution < -0.4 is 0 Å². The van der Waals surface area contributed by atoms with Crippen LogP contribution in [0.4, 0.5) is 0 Å². The van der Waals surface area contributed by atoms with Crippen molar-refractivity contribution in [2.24, 2.45) is 0 Å². The number of halogens is 1. The molecule has 0 radical (unpaired) electrons. The Balaban J connectivity index is 2.17. The maximum Gasteiger partial charge on any atom is 0.255 e. The molecule has 0 unspecified atom stereocenters. The van der Waals surface area contributed by atoms with Gasteiger partial charge < -0.3 is 10.0 Å². The van der Waals surface area contributed by atoms with Gasteiger partial charge in [0.05, 0.1) is 10.6 Å². The van der Waals surface area contributed by atoms with Crippen molar-refractivity contribution in [3.8, 4) is 5.75 Å². The number of hydrogen-bond acceptors (Lipinski definition) is 2. The number of hydrogen-bond donors (Lipinski definition) is 1. The van der Waals surface area contributed by atoms with Crippen LogP contribution >= 0.6 is 11.6 Å². The molecular weight excluding hydrogens is 262 g/mol. The highest BCUT2D eigenvalue weighted by molar-refractivity contribution is 6.33. The Kier molecular flexibility index (Phi) is 4.07. The van der Waals surface area contributed by atoms with Crippen molar-refractivity contribution in [3.05, 3.63) is 64.7 Å². The van der Waals surface area contributed by atoms with E-state index >= 15 is 0 Å². The highest BCUT2D eigenvalue weighted by Gasteiger charge is 2.15. The van der Waals surface area contributed by atoms with E-state index in [0.717, 1.165) is 5.56 Å². The third-order valence-corrected chi connectivity index (χ3v) is 3.12. The predicted molar refractivity (Wildman–Crippen MR) is 75.4 cm³/mol. The van der Waals surface area contributed by atoms with E-state index in [1.807, 2.05) is 30.3 Å². The zero-order valence-electron chi connectivity index (χ0n) is 10.5. The summed E-state index contributed by atoms with van der Waals surface area (Å²) in [7, 11) is 1.70. The first-order valence-corrected chi connectivity index (χ1v) is 6.23. The van der Waals surface area contributed by atoms with Crippen LogP contribution in [0.5, 0.6) is 5.75 Å². The maximum atomic E-state index is 12.3. The average Bonchev–Trinajstić information content (AvgIpc) is 2.42. The molecule has 19 heavy (non-hydrogen) atoms. The lowest BCUT2D eigenvalue weighted by atomic mass is 10.1. The van der Waals surface area contributed by atoms with Crippen molar-refractivity contribution in [3.63, 3.8) is 0 Å². The molecule has 0 aliphatic carbocycles. The van der Waals surface area contributed by atoms with E-state index in [-0.39, 0.29) is 11.7 Å². The number of aromatic hydroxyl groups is 1. The topological polar surface area (TPSA) is 40.5 Å². The second-order valence-corrected chi connectivity index (χ2v) is 4.72. The van der Waals surface area contributed by atoms with E-state index in [9.17, 15) is 9.90 Å². The number of carbonyl (C=O) groups is 1. The molecule has 0 aliphatic rings. The minimum atomic E-state index is -0.218. The molecular formula is C15H14ClNO2. The fourth-order valence-electron chi connectivity index (χ4n) is 1.81. The van der Waals surface area contributed by atoms with Crippen molar-refractivity contribution in [2.45, 2.75) is 6.54 Å². The van der Waals surface area contributed by atoms with Crippen molar-refractivity contribution in [2.75, 3.05) is 7.05 Å². The van der Waals surface area contributed by atoms with Crippen LogP contribution in [0.3, 0.4) is 0 Å². The minimum absolute atomic E-state index is 0.0286. The highest BCUT2D eigenvalue weighted by Crippen LogP contribution is 2.22. The molecule has 2 aromatic carbocycles. The van der Waals surface area contributed by atoms with Gasteiger partial charge in [0.15, 0.2) is 0 Å². The van der Waals surface area contributed by atoms with Gasteiger partial charge in [-0.05, 0) is 23.8 Å². The summed E-state index contributed by atoms with van der Waals surface area (Å²) in [6.07, 6.45) is 0. The Labute approximate surface area is 117 Å². The third-order valence-electron chi connectivity index (χ3n) is 2.79. The summed E-state index contributed by atoms with van der Waals surface area (Å²) in [5.74, 6) is -0.189. The van der Waals surface area contributed by atoms with Gasteiger partial charge in [-0.2, -0.15) is 0 Å². The molecule has 0 spiro atoms. The van der Waals surface area contributed by atoms with Gasteiger partial charge in [-0.25, -0.2) is 0 Å². The first-order valence-electron chi connectivity index (χ1n) is 5.86. The molecule has 0 saturated carbocycles. The predicted octanol–water partition coefficient (Wildman–Crippen LogP) is 3.32. The molecule has 2 rings (SSSR count). The Bertz CT molecular complexity index is 584. The minimum Gasteiger partial charge on any atom is -0.508 e. The summed E-state index contributed by atoms with van der Waals surface area (Å²) in [6, 6.07) is 14.0. The van der Waals surface area contributed by atoms with Gasteiger partial charge in [0.2, 0.25) is 0 Å². The van der Waals surface area contributed by atoms with E-state index in [2.05, 4.69) is 0 Å². The maximum absolute atomic E-state index is 12.3. The average molecular weight is 276 g/mol. The summed E-state index contributed by atoms with van der Waals surface area (Å²) in [4.78, 5) is 13.8. The summed E-state index contributed by atoms with van der Waals surface area (Å²) < 4.78 is 0. The number of nitrogens with zero attached hydrogens (tertiary/aromatic N) is 1. The lowest BCUT2D eigenvalue weighted by molar-refractivity contribution is 0.0785. The molecule has 0 bridgehead atoms. The standard InChI is InChI=1S/C15H14ClNO2/c1-17(10-11-5-3-2-4-6-11)15(19)13-9-12(18)7-8-14(13)16/h2-9,18H,10H2,1H3. The Morgan fingerprint density at radius 2 is 1.89 bits per heavy atom. The second kappa shape index (κ2) is 5.76. The molecule has 4 heteroatoms. The summed E-state index contributed by atoms with van der Waals surface area (Å²) in [6.45, 7) is 0.492. The van der Waals surface area contributed by atoms with E-state index in [1.54, 1.807) is 11.9 Å². The largest absolute Gasteiger partial charge is 0.508 e.